The fourth-order valence-corrected chi connectivity index (χ4v) is 4.01. The lowest BCUT2D eigenvalue weighted by atomic mass is 10.2. The molecule has 19 heavy (non-hydrogen) atoms. The molecule has 6 heteroatoms. The van der Waals surface area contributed by atoms with Gasteiger partial charge in [0.15, 0.2) is 0 Å². The summed E-state index contributed by atoms with van der Waals surface area (Å²) in [5, 5.41) is 0. The summed E-state index contributed by atoms with van der Waals surface area (Å²) in [6.45, 7) is 11.6. The molecule has 0 radical (unpaired) electrons. The van der Waals surface area contributed by atoms with Gasteiger partial charge in [-0.3, -0.25) is 0 Å². The Labute approximate surface area is 115 Å². The summed E-state index contributed by atoms with van der Waals surface area (Å²) in [6.07, 6.45) is 0. The van der Waals surface area contributed by atoms with Crippen LogP contribution in [0.1, 0.15) is 30.9 Å². The number of rotatable bonds is 6. The highest BCUT2D eigenvalue weighted by Crippen LogP contribution is 2.29. The van der Waals surface area contributed by atoms with Crippen molar-refractivity contribution in [1.82, 2.24) is 4.31 Å². The molecule has 0 aromatic carbocycles. The summed E-state index contributed by atoms with van der Waals surface area (Å²) in [7, 11) is -3.60. The molecule has 1 aromatic rings. The van der Waals surface area contributed by atoms with Crippen molar-refractivity contribution in [3.05, 3.63) is 29.2 Å². The van der Waals surface area contributed by atoms with Crippen molar-refractivity contribution in [1.29, 1.82) is 0 Å². The Bertz CT molecular complexity index is 573. The molecule has 0 saturated heterocycles. The van der Waals surface area contributed by atoms with Crippen LogP contribution in [0.5, 0.6) is 0 Å². The summed E-state index contributed by atoms with van der Waals surface area (Å²) in [6, 6.07) is 0. The summed E-state index contributed by atoms with van der Waals surface area (Å²) in [5.74, 6) is 0.947. The van der Waals surface area contributed by atoms with E-state index in [4.69, 9.17) is 10.2 Å². The van der Waals surface area contributed by atoms with Gasteiger partial charge in [0.25, 0.3) is 0 Å². The van der Waals surface area contributed by atoms with Crippen LogP contribution >= 0.6 is 0 Å². The van der Waals surface area contributed by atoms with E-state index in [9.17, 15) is 8.42 Å². The highest BCUT2D eigenvalue weighted by atomic mass is 32.2. The number of nitrogens with two attached hydrogens (primary N) is 1. The Morgan fingerprint density at radius 3 is 2.37 bits per heavy atom. The van der Waals surface area contributed by atoms with Crippen LogP contribution in [0.2, 0.25) is 0 Å². The van der Waals surface area contributed by atoms with Gasteiger partial charge in [-0.25, -0.2) is 8.42 Å². The van der Waals surface area contributed by atoms with Gasteiger partial charge in [0, 0.05) is 25.2 Å². The average Bonchev–Trinajstić information content (AvgIpc) is 2.60. The first kappa shape index (κ1) is 15.9. The largest absolute Gasteiger partial charge is 0.465 e. The van der Waals surface area contributed by atoms with Crippen molar-refractivity contribution in [2.75, 3.05) is 13.1 Å². The zero-order chi connectivity index (χ0) is 14.8. The van der Waals surface area contributed by atoms with Gasteiger partial charge < -0.3 is 10.2 Å². The fourth-order valence-electron chi connectivity index (χ4n) is 2.08. The Kier molecular flexibility index (Phi) is 4.95. The molecule has 0 fully saturated rings. The minimum Gasteiger partial charge on any atom is -0.465 e. The van der Waals surface area contributed by atoms with Crippen molar-refractivity contribution in [3.63, 3.8) is 0 Å². The van der Waals surface area contributed by atoms with Crippen molar-refractivity contribution in [2.24, 2.45) is 5.73 Å². The molecule has 1 aromatic heterocycles. The summed E-state index contributed by atoms with van der Waals surface area (Å²) in [4.78, 5) is 0.204. The number of likely N-dealkylation sites (N-methyl/N-ethyl adjacent to an activating group) is 1. The van der Waals surface area contributed by atoms with E-state index >= 15 is 0 Å². The van der Waals surface area contributed by atoms with Crippen LogP contribution in [0.25, 0.3) is 0 Å². The Balaban J connectivity index is 3.37. The third-order valence-corrected chi connectivity index (χ3v) is 5.04. The molecule has 0 atom stereocenters. The van der Waals surface area contributed by atoms with Crippen molar-refractivity contribution < 1.29 is 12.8 Å². The third-order valence-electron chi connectivity index (χ3n) is 2.93. The normalized spacial score (nSPS) is 12.1. The molecule has 0 saturated carbocycles. The summed E-state index contributed by atoms with van der Waals surface area (Å²) < 4.78 is 32.2. The van der Waals surface area contributed by atoms with Gasteiger partial charge in [-0.1, -0.05) is 19.1 Å². The minimum atomic E-state index is -3.60. The second kappa shape index (κ2) is 5.90. The smallest absolute Gasteiger partial charge is 0.247 e. The van der Waals surface area contributed by atoms with Crippen LogP contribution in [0.15, 0.2) is 21.5 Å². The number of aryl methyl sites for hydroxylation is 2. The SMILES string of the molecule is C=C(C)CN(CC)S(=O)(=O)c1c(C)oc(C)c1CN. The van der Waals surface area contributed by atoms with Crippen LogP contribution in [0.3, 0.4) is 0 Å². The number of furan rings is 1. The van der Waals surface area contributed by atoms with Gasteiger partial charge >= 0.3 is 0 Å². The van der Waals surface area contributed by atoms with Crippen LogP contribution in [-0.2, 0) is 16.6 Å². The average molecular weight is 286 g/mol. The summed E-state index contributed by atoms with van der Waals surface area (Å²) >= 11 is 0. The topological polar surface area (TPSA) is 76.5 Å². The first-order valence-electron chi connectivity index (χ1n) is 6.19. The highest BCUT2D eigenvalue weighted by molar-refractivity contribution is 7.89. The predicted octanol–water partition coefficient (Wildman–Crippen LogP) is 1.94. The first-order valence-corrected chi connectivity index (χ1v) is 7.63. The lowest BCUT2D eigenvalue weighted by molar-refractivity contribution is 0.447. The number of sulfonamides is 1. The van der Waals surface area contributed by atoms with E-state index in [0.29, 0.717) is 30.2 Å². The zero-order valence-electron chi connectivity index (χ0n) is 12.0. The van der Waals surface area contributed by atoms with Crippen LogP contribution in [0, 0.1) is 13.8 Å². The van der Waals surface area contributed by atoms with Gasteiger partial charge in [-0.15, -0.1) is 0 Å². The maximum atomic E-state index is 12.7. The Morgan fingerprint density at radius 1 is 1.37 bits per heavy atom. The quantitative estimate of drug-likeness (QED) is 0.811. The second-order valence-corrected chi connectivity index (χ2v) is 6.49. The van der Waals surface area contributed by atoms with Crippen LogP contribution < -0.4 is 5.73 Å². The van der Waals surface area contributed by atoms with E-state index in [1.807, 2.05) is 0 Å². The van der Waals surface area contributed by atoms with Gasteiger partial charge in [0.2, 0.25) is 10.0 Å². The molecule has 0 spiro atoms. The van der Waals surface area contributed by atoms with Crippen molar-refractivity contribution >= 4 is 10.0 Å². The molecule has 0 aliphatic rings. The lowest BCUT2D eigenvalue weighted by Crippen LogP contribution is -2.33. The molecular formula is C13H22N2O3S. The van der Waals surface area contributed by atoms with Crippen LogP contribution in [0.4, 0.5) is 0 Å². The van der Waals surface area contributed by atoms with Gasteiger partial charge in [-0.2, -0.15) is 4.31 Å². The fraction of sp³-hybridized carbons (Fsp3) is 0.538. The molecule has 1 heterocycles. The summed E-state index contributed by atoms with van der Waals surface area (Å²) in [5.41, 5.74) is 6.99. The third kappa shape index (κ3) is 3.08. The zero-order valence-corrected chi connectivity index (χ0v) is 12.8. The monoisotopic (exact) mass is 286 g/mol. The highest BCUT2D eigenvalue weighted by Gasteiger charge is 2.31. The minimum absolute atomic E-state index is 0.141. The van der Waals surface area contributed by atoms with E-state index in [1.165, 1.54) is 4.31 Å². The second-order valence-electron chi connectivity index (χ2n) is 4.61. The first-order chi connectivity index (χ1) is 8.75. The van der Waals surface area contributed by atoms with Gasteiger partial charge in [0.05, 0.1) is 0 Å². The maximum absolute atomic E-state index is 12.7. The number of hydrogen-bond donors (Lipinski definition) is 1. The van der Waals surface area contributed by atoms with Crippen molar-refractivity contribution in [3.8, 4) is 0 Å². The standard InChI is InChI=1S/C13H22N2O3S/c1-6-15(8-9(2)3)19(16,17)13-11(5)18-10(4)12(13)7-14/h2,6-8,14H2,1,3-5H3. The van der Waals surface area contributed by atoms with Gasteiger partial charge in [-0.05, 0) is 20.8 Å². The molecule has 5 nitrogen and oxygen atoms in total. The Hall–Kier alpha value is -1.11. The molecule has 108 valence electrons. The van der Waals surface area contributed by atoms with E-state index in [2.05, 4.69) is 6.58 Å². The lowest BCUT2D eigenvalue weighted by Gasteiger charge is -2.20. The van der Waals surface area contributed by atoms with Crippen molar-refractivity contribution in [2.45, 2.75) is 39.1 Å². The van der Waals surface area contributed by atoms with Gasteiger partial charge in [0.1, 0.15) is 16.4 Å². The Morgan fingerprint density at radius 2 is 1.95 bits per heavy atom. The molecule has 1 rings (SSSR count). The van der Waals surface area contributed by atoms with E-state index < -0.39 is 10.0 Å². The van der Waals surface area contributed by atoms with E-state index in [0.717, 1.165) is 5.57 Å². The maximum Gasteiger partial charge on any atom is 0.247 e. The molecular weight excluding hydrogens is 264 g/mol. The predicted molar refractivity (Wildman–Crippen MR) is 75.3 cm³/mol. The van der Waals surface area contributed by atoms with E-state index in [-0.39, 0.29) is 11.4 Å². The number of nitrogens with zero attached hydrogens (tertiary/aromatic N) is 1. The molecule has 0 aliphatic carbocycles. The van der Waals surface area contributed by atoms with Crippen LogP contribution in [-0.4, -0.2) is 25.8 Å². The molecule has 0 aliphatic heterocycles. The molecule has 0 bridgehead atoms. The number of hydrogen-bond acceptors (Lipinski definition) is 4. The molecule has 2 N–H and O–H groups in total. The molecule has 0 unspecified atom stereocenters. The van der Waals surface area contributed by atoms with E-state index in [1.54, 1.807) is 27.7 Å². The molecule has 0 amide bonds.